The van der Waals surface area contributed by atoms with Crippen molar-refractivity contribution in [3.05, 3.63) is 0 Å². The molecule has 0 aromatic carbocycles. The molecule has 1 heterocycles. The first kappa shape index (κ1) is 15.3. The Kier molecular flexibility index (Phi) is 5.44. The molecular weight excluding hydrogens is 254 g/mol. The Morgan fingerprint density at radius 1 is 1.05 bits per heavy atom. The summed E-state index contributed by atoms with van der Waals surface area (Å²) >= 11 is 0. The molecule has 1 aliphatic carbocycles. The lowest BCUT2D eigenvalue weighted by atomic mass is 9.78. The summed E-state index contributed by atoms with van der Waals surface area (Å²) in [6.45, 7) is 2.98. The molecule has 0 aromatic heterocycles. The van der Waals surface area contributed by atoms with E-state index in [1.54, 1.807) is 0 Å². The first-order chi connectivity index (χ1) is 9.65. The lowest BCUT2D eigenvalue weighted by molar-refractivity contribution is -0.154. The van der Waals surface area contributed by atoms with Crippen LogP contribution in [0.2, 0.25) is 0 Å². The summed E-state index contributed by atoms with van der Waals surface area (Å²) in [5.74, 6) is -1.40. The molecule has 1 amide bonds. The zero-order chi connectivity index (χ0) is 14.5. The van der Waals surface area contributed by atoms with Crippen molar-refractivity contribution in [1.29, 1.82) is 0 Å². The molecule has 1 aliphatic heterocycles. The second-order valence-corrected chi connectivity index (χ2v) is 6.31. The Balaban J connectivity index is 2.08. The molecule has 1 unspecified atom stereocenters. The van der Waals surface area contributed by atoms with E-state index in [0.29, 0.717) is 12.5 Å². The second kappa shape index (κ2) is 7.09. The predicted octanol–water partition coefficient (Wildman–Crippen LogP) is 3.06. The van der Waals surface area contributed by atoms with Gasteiger partial charge in [0, 0.05) is 12.6 Å². The molecule has 1 saturated heterocycles. The number of hydrogen-bond donors (Lipinski definition) is 1. The van der Waals surface area contributed by atoms with E-state index in [4.69, 9.17) is 0 Å². The van der Waals surface area contributed by atoms with Gasteiger partial charge in [0.2, 0.25) is 5.91 Å². The minimum atomic E-state index is -0.785. The van der Waals surface area contributed by atoms with Crippen molar-refractivity contribution < 1.29 is 14.7 Å². The van der Waals surface area contributed by atoms with Crippen LogP contribution in [0.15, 0.2) is 0 Å². The van der Waals surface area contributed by atoms with Crippen LogP contribution in [-0.2, 0) is 9.59 Å². The fourth-order valence-electron chi connectivity index (χ4n) is 3.86. The van der Waals surface area contributed by atoms with Crippen molar-refractivity contribution in [2.45, 2.75) is 70.8 Å². The number of hydrogen-bond acceptors (Lipinski definition) is 2. The third-order valence-electron chi connectivity index (χ3n) is 4.93. The van der Waals surface area contributed by atoms with Crippen molar-refractivity contribution in [2.75, 3.05) is 6.54 Å². The quantitative estimate of drug-likeness (QED) is 0.861. The van der Waals surface area contributed by atoms with Gasteiger partial charge in [0.1, 0.15) is 0 Å². The summed E-state index contributed by atoms with van der Waals surface area (Å²) in [5.41, 5.74) is 0. The smallest absolute Gasteiger partial charge is 0.307 e. The highest BCUT2D eigenvalue weighted by Crippen LogP contribution is 2.34. The Morgan fingerprint density at radius 2 is 1.70 bits per heavy atom. The Hall–Kier alpha value is -1.06. The Morgan fingerprint density at radius 3 is 2.35 bits per heavy atom. The largest absolute Gasteiger partial charge is 0.481 e. The number of carboxylic acids is 1. The van der Waals surface area contributed by atoms with E-state index >= 15 is 0 Å². The van der Waals surface area contributed by atoms with Gasteiger partial charge in [-0.05, 0) is 38.5 Å². The van der Waals surface area contributed by atoms with E-state index in [1.165, 1.54) is 6.42 Å². The van der Waals surface area contributed by atoms with Gasteiger partial charge in [0.25, 0.3) is 0 Å². The van der Waals surface area contributed by atoms with Crippen LogP contribution in [0.4, 0.5) is 0 Å². The topological polar surface area (TPSA) is 57.6 Å². The molecule has 0 spiro atoms. The predicted molar refractivity (Wildman–Crippen MR) is 77.3 cm³/mol. The molecule has 1 N–H and O–H groups in total. The van der Waals surface area contributed by atoms with Gasteiger partial charge in [-0.15, -0.1) is 0 Å². The molecule has 0 radical (unpaired) electrons. The van der Waals surface area contributed by atoms with Gasteiger partial charge in [-0.2, -0.15) is 0 Å². The molecule has 0 bridgehead atoms. The van der Waals surface area contributed by atoms with Crippen molar-refractivity contribution in [2.24, 2.45) is 11.8 Å². The zero-order valence-electron chi connectivity index (χ0n) is 12.5. The van der Waals surface area contributed by atoms with Gasteiger partial charge >= 0.3 is 5.97 Å². The van der Waals surface area contributed by atoms with Crippen molar-refractivity contribution in [3.8, 4) is 0 Å². The minimum absolute atomic E-state index is 0.121. The van der Waals surface area contributed by atoms with Crippen LogP contribution in [0, 0.1) is 11.8 Å². The molecule has 3 atom stereocenters. The maximum atomic E-state index is 12.8. The lowest BCUT2D eigenvalue weighted by Crippen LogP contribution is -2.49. The summed E-state index contributed by atoms with van der Waals surface area (Å²) in [5, 5.41) is 9.35. The number of rotatable bonds is 4. The maximum absolute atomic E-state index is 12.8. The van der Waals surface area contributed by atoms with Crippen molar-refractivity contribution >= 4 is 11.9 Å². The summed E-state index contributed by atoms with van der Waals surface area (Å²) < 4.78 is 0. The third kappa shape index (κ3) is 3.33. The molecule has 2 rings (SSSR count). The lowest BCUT2D eigenvalue weighted by Gasteiger charge is -2.40. The fraction of sp³-hybridized carbons (Fsp3) is 0.875. The van der Waals surface area contributed by atoms with Gasteiger partial charge in [-0.1, -0.05) is 26.2 Å². The molecule has 1 saturated carbocycles. The van der Waals surface area contributed by atoms with E-state index < -0.39 is 11.9 Å². The number of carbonyl (C=O) groups excluding carboxylic acids is 1. The highest BCUT2D eigenvalue weighted by Gasteiger charge is 2.39. The summed E-state index contributed by atoms with van der Waals surface area (Å²) in [6, 6.07) is 0.345. The number of carbonyl (C=O) groups is 2. The van der Waals surface area contributed by atoms with Gasteiger partial charge in [-0.3, -0.25) is 9.59 Å². The molecule has 4 nitrogen and oxygen atoms in total. The monoisotopic (exact) mass is 281 g/mol. The van der Waals surface area contributed by atoms with Gasteiger partial charge in [0.15, 0.2) is 0 Å². The molecule has 0 aromatic rings. The Labute approximate surface area is 121 Å². The van der Waals surface area contributed by atoms with Gasteiger partial charge in [-0.25, -0.2) is 0 Å². The standard InChI is InChI=1S/C16H27NO3/c1-2-7-12-8-5-6-11-17(12)15(18)13-9-3-4-10-14(13)16(19)20/h12-14H,2-11H2,1H3,(H,19,20)/t12?,13-,14+/m1/s1. The van der Waals surface area contributed by atoms with Crippen LogP contribution in [0.1, 0.15) is 64.7 Å². The van der Waals surface area contributed by atoms with Crippen molar-refractivity contribution in [3.63, 3.8) is 0 Å². The van der Waals surface area contributed by atoms with Crippen LogP contribution in [0.25, 0.3) is 0 Å². The fourth-order valence-corrected chi connectivity index (χ4v) is 3.86. The average molecular weight is 281 g/mol. The van der Waals surface area contributed by atoms with Gasteiger partial charge < -0.3 is 10.0 Å². The first-order valence-corrected chi connectivity index (χ1v) is 8.18. The van der Waals surface area contributed by atoms with E-state index in [-0.39, 0.29) is 11.8 Å². The van der Waals surface area contributed by atoms with E-state index in [1.807, 2.05) is 4.90 Å². The number of likely N-dealkylation sites (tertiary alicyclic amines) is 1. The highest BCUT2D eigenvalue weighted by molar-refractivity contribution is 5.85. The normalized spacial score (nSPS) is 31.1. The highest BCUT2D eigenvalue weighted by atomic mass is 16.4. The summed E-state index contributed by atoms with van der Waals surface area (Å²) in [4.78, 5) is 26.2. The molecular formula is C16H27NO3. The number of amides is 1. The minimum Gasteiger partial charge on any atom is -0.481 e. The van der Waals surface area contributed by atoms with E-state index in [0.717, 1.165) is 51.5 Å². The number of nitrogens with zero attached hydrogens (tertiary/aromatic N) is 1. The first-order valence-electron chi connectivity index (χ1n) is 8.18. The van der Waals surface area contributed by atoms with E-state index in [2.05, 4.69) is 6.92 Å². The zero-order valence-corrected chi connectivity index (χ0v) is 12.5. The Bertz CT molecular complexity index is 354. The number of aliphatic carboxylic acids is 1. The maximum Gasteiger partial charge on any atom is 0.307 e. The van der Waals surface area contributed by atoms with Crippen molar-refractivity contribution in [1.82, 2.24) is 4.90 Å². The van der Waals surface area contributed by atoms with Crippen LogP contribution in [0.3, 0.4) is 0 Å². The summed E-state index contributed by atoms with van der Waals surface area (Å²) in [6.07, 6.45) is 8.84. The van der Waals surface area contributed by atoms with E-state index in [9.17, 15) is 14.7 Å². The van der Waals surface area contributed by atoms with Crippen LogP contribution >= 0.6 is 0 Å². The SMILES string of the molecule is CCCC1CCCCN1C(=O)[C@@H]1CCCC[C@@H]1C(=O)O. The molecule has 20 heavy (non-hydrogen) atoms. The molecule has 114 valence electrons. The third-order valence-corrected chi connectivity index (χ3v) is 4.93. The van der Waals surface area contributed by atoms with Gasteiger partial charge in [0.05, 0.1) is 11.8 Å². The van der Waals surface area contributed by atoms with Crippen LogP contribution in [-0.4, -0.2) is 34.5 Å². The summed E-state index contributed by atoms with van der Waals surface area (Å²) in [7, 11) is 0. The number of carboxylic acid groups (broad SMARTS) is 1. The molecule has 4 heteroatoms. The van der Waals surface area contributed by atoms with Crippen LogP contribution < -0.4 is 0 Å². The van der Waals surface area contributed by atoms with Crippen LogP contribution in [0.5, 0.6) is 0 Å². The second-order valence-electron chi connectivity index (χ2n) is 6.31. The average Bonchev–Trinajstić information content (AvgIpc) is 2.47. The molecule has 2 aliphatic rings. The number of piperidine rings is 1. The molecule has 2 fully saturated rings.